The van der Waals surface area contributed by atoms with Gasteiger partial charge in [0.2, 0.25) is 0 Å². The third kappa shape index (κ3) is 7.72. The molecule has 0 unspecified atom stereocenters. The third-order valence-corrected chi connectivity index (χ3v) is 8.31. The molecule has 0 radical (unpaired) electrons. The molecule has 5 nitrogen and oxygen atoms in total. The highest BCUT2D eigenvalue weighted by atomic mass is 16.1. The Kier molecular flexibility index (Phi) is 10.8. The minimum absolute atomic E-state index is 0.121. The molecule has 5 heteroatoms. The van der Waals surface area contributed by atoms with Gasteiger partial charge in [-0.3, -0.25) is 9.59 Å². The van der Waals surface area contributed by atoms with E-state index in [0.29, 0.717) is 17.2 Å². The van der Waals surface area contributed by atoms with E-state index in [0.717, 1.165) is 34.8 Å². The molecule has 0 atom stereocenters. The van der Waals surface area contributed by atoms with E-state index in [-0.39, 0.29) is 18.0 Å². The molecule has 2 N–H and O–H groups in total. The molecule has 0 bridgehead atoms. The molecule has 3 rings (SSSR count). The van der Waals surface area contributed by atoms with Crippen LogP contribution in [0.1, 0.15) is 116 Å². The molecule has 204 valence electrons. The average molecular weight is 508 g/mol. The Balaban J connectivity index is 1.67. The molecule has 1 saturated carbocycles. The number of nitrogens with zero attached hydrogens (tertiary/aromatic N) is 1. The van der Waals surface area contributed by atoms with E-state index in [1.54, 1.807) is 0 Å². The highest BCUT2D eigenvalue weighted by Gasteiger charge is 2.27. The SMILES string of the molecule is CCCCCCC[C@H]1CC[C@H](N(CC)c2cc(C)cc(C(=O)NCc3c(C)cc(C)[nH]c3=O)c2C)CC1. The van der Waals surface area contributed by atoms with Crippen molar-refractivity contribution >= 4 is 11.6 Å². The number of aryl methyl sites for hydroxylation is 3. The lowest BCUT2D eigenvalue weighted by atomic mass is 9.82. The molecule has 1 aliphatic rings. The highest BCUT2D eigenvalue weighted by Crippen LogP contribution is 2.35. The summed E-state index contributed by atoms with van der Waals surface area (Å²) in [6, 6.07) is 6.69. The minimum Gasteiger partial charge on any atom is -0.369 e. The van der Waals surface area contributed by atoms with Crippen LogP contribution in [0.25, 0.3) is 0 Å². The second-order valence-corrected chi connectivity index (χ2v) is 11.2. The first-order chi connectivity index (χ1) is 17.7. The van der Waals surface area contributed by atoms with Crippen molar-refractivity contribution in [2.24, 2.45) is 5.92 Å². The Morgan fingerprint density at radius 1 is 0.973 bits per heavy atom. The monoisotopic (exact) mass is 507 g/mol. The molecule has 1 amide bonds. The number of unbranched alkanes of at least 4 members (excludes halogenated alkanes) is 4. The first-order valence-corrected chi connectivity index (χ1v) is 14.6. The van der Waals surface area contributed by atoms with Gasteiger partial charge in [-0.15, -0.1) is 0 Å². The molecular weight excluding hydrogens is 458 g/mol. The number of rotatable bonds is 12. The van der Waals surface area contributed by atoms with E-state index in [9.17, 15) is 9.59 Å². The average Bonchev–Trinajstić information content (AvgIpc) is 2.86. The number of H-pyrrole nitrogens is 1. The fraction of sp³-hybridized carbons (Fsp3) is 0.625. The minimum atomic E-state index is -0.131. The Morgan fingerprint density at radius 2 is 1.68 bits per heavy atom. The first-order valence-electron chi connectivity index (χ1n) is 14.6. The van der Waals surface area contributed by atoms with E-state index < -0.39 is 0 Å². The maximum Gasteiger partial charge on any atom is 0.253 e. The quantitative estimate of drug-likeness (QED) is 0.297. The Labute approximate surface area is 224 Å². The van der Waals surface area contributed by atoms with Crippen LogP contribution < -0.4 is 15.8 Å². The maximum atomic E-state index is 13.3. The van der Waals surface area contributed by atoms with Crippen molar-refractivity contribution in [3.05, 3.63) is 62.1 Å². The van der Waals surface area contributed by atoms with Crippen LogP contribution in [0.5, 0.6) is 0 Å². The largest absolute Gasteiger partial charge is 0.369 e. The number of aromatic nitrogens is 1. The van der Waals surface area contributed by atoms with Crippen molar-refractivity contribution < 1.29 is 4.79 Å². The van der Waals surface area contributed by atoms with Crippen molar-refractivity contribution in [1.82, 2.24) is 10.3 Å². The van der Waals surface area contributed by atoms with Gasteiger partial charge in [0.15, 0.2) is 0 Å². The van der Waals surface area contributed by atoms with E-state index in [4.69, 9.17) is 0 Å². The van der Waals surface area contributed by atoms with E-state index in [2.05, 4.69) is 49.0 Å². The van der Waals surface area contributed by atoms with Gasteiger partial charge in [-0.05, 0) is 101 Å². The number of anilines is 1. The Morgan fingerprint density at radius 3 is 2.32 bits per heavy atom. The Hall–Kier alpha value is -2.56. The summed E-state index contributed by atoms with van der Waals surface area (Å²) < 4.78 is 0. The van der Waals surface area contributed by atoms with Gasteiger partial charge in [-0.2, -0.15) is 0 Å². The lowest BCUT2D eigenvalue weighted by Gasteiger charge is -2.39. The molecular formula is C32H49N3O2. The summed E-state index contributed by atoms with van der Waals surface area (Å²) in [5, 5.41) is 3.01. The van der Waals surface area contributed by atoms with Gasteiger partial charge in [0.1, 0.15) is 0 Å². The van der Waals surface area contributed by atoms with E-state index in [1.165, 1.54) is 69.9 Å². The Bertz CT molecular complexity index is 1100. The van der Waals surface area contributed by atoms with Gasteiger partial charge in [0, 0.05) is 41.6 Å². The van der Waals surface area contributed by atoms with E-state index >= 15 is 0 Å². The van der Waals surface area contributed by atoms with Gasteiger partial charge in [0.05, 0.1) is 0 Å². The zero-order chi connectivity index (χ0) is 26.9. The van der Waals surface area contributed by atoms with Crippen molar-refractivity contribution in [1.29, 1.82) is 0 Å². The number of nitrogens with one attached hydrogen (secondary N) is 2. The second-order valence-electron chi connectivity index (χ2n) is 11.2. The van der Waals surface area contributed by atoms with Crippen molar-refractivity contribution in [3.8, 4) is 0 Å². The summed E-state index contributed by atoms with van der Waals surface area (Å²) in [6.45, 7) is 13.6. The number of hydrogen-bond donors (Lipinski definition) is 2. The van der Waals surface area contributed by atoms with Crippen LogP contribution in [-0.2, 0) is 6.54 Å². The molecule has 0 spiro atoms. The molecule has 1 aromatic heterocycles. The number of aromatic amines is 1. The molecule has 1 aliphatic carbocycles. The summed E-state index contributed by atoms with van der Waals surface area (Å²) in [6.07, 6.45) is 13.3. The fourth-order valence-corrected chi connectivity index (χ4v) is 6.15. The van der Waals surface area contributed by atoms with Gasteiger partial charge in [0.25, 0.3) is 11.5 Å². The lowest BCUT2D eigenvalue weighted by molar-refractivity contribution is 0.0950. The smallest absolute Gasteiger partial charge is 0.253 e. The van der Waals surface area contributed by atoms with Gasteiger partial charge >= 0.3 is 0 Å². The van der Waals surface area contributed by atoms with Crippen LogP contribution in [0.3, 0.4) is 0 Å². The second kappa shape index (κ2) is 13.8. The molecule has 37 heavy (non-hydrogen) atoms. The lowest BCUT2D eigenvalue weighted by Crippen LogP contribution is -2.39. The summed E-state index contributed by atoms with van der Waals surface area (Å²) >= 11 is 0. The topological polar surface area (TPSA) is 65.2 Å². The highest BCUT2D eigenvalue weighted by molar-refractivity contribution is 5.97. The van der Waals surface area contributed by atoms with Crippen LogP contribution in [-0.4, -0.2) is 23.5 Å². The number of hydrogen-bond acceptors (Lipinski definition) is 3. The predicted octanol–water partition coefficient (Wildman–Crippen LogP) is 7.28. The standard InChI is InChI=1S/C32H49N3O2/c1-7-9-10-11-12-13-26-14-16-27(17-15-26)35(8-2)30-19-22(3)18-28(25(30)6)31(36)33-21-29-23(4)20-24(5)34-32(29)37/h18-20,26-27H,7-17,21H2,1-6H3,(H,33,36)(H,34,37)/t26-,27-. The molecule has 0 saturated heterocycles. The van der Waals surface area contributed by atoms with Crippen molar-refractivity contribution in [2.75, 3.05) is 11.4 Å². The van der Waals surface area contributed by atoms with Crippen molar-refractivity contribution in [3.63, 3.8) is 0 Å². The van der Waals surface area contributed by atoms with Gasteiger partial charge in [-0.25, -0.2) is 0 Å². The first kappa shape index (κ1) is 29.0. The molecule has 1 heterocycles. The normalized spacial score (nSPS) is 17.6. The molecule has 2 aromatic rings. The fourth-order valence-electron chi connectivity index (χ4n) is 6.15. The van der Waals surface area contributed by atoms with E-state index in [1.807, 2.05) is 26.0 Å². The zero-order valence-electron chi connectivity index (χ0n) is 24.1. The number of pyridine rings is 1. The molecule has 0 aliphatic heterocycles. The maximum absolute atomic E-state index is 13.3. The summed E-state index contributed by atoms with van der Waals surface area (Å²) in [5.41, 5.74) is 6.21. The van der Waals surface area contributed by atoms with Crippen LogP contribution in [0.4, 0.5) is 5.69 Å². The van der Waals surface area contributed by atoms with Crippen molar-refractivity contribution in [2.45, 2.75) is 118 Å². The number of benzene rings is 1. The predicted molar refractivity (Wildman–Crippen MR) is 156 cm³/mol. The summed E-state index contributed by atoms with van der Waals surface area (Å²) in [5.74, 6) is 0.759. The summed E-state index contributed by atoms with van der Waals surface area (Å²) in [4.78, 5) is 31.1. The van der Waals surface area contributed by atoms with Gasteiger partial charge in [-0.1, -0.05) is 45.4 Å². The number of amides is 1. The van der Waals surface area contributed by atoms with Gasteiger partial charge < -0.3 is 15.2 Å². The molecule has 1 fully saturated rings. The molecule has 1 aromatic carbocycles. The zero-order valence-corrected chi connectivity index (χ0v) is 24.1. The van der Waals surface area contributed by atoms with Crippen LogP contribution in [0.15, 0.2) is 23.0 Å². The van der Waals surface area contributed by atoms with Crippen LogP contribution in [0.2, 0.25) is 0 Å². The van der Waals surface area contributed by atoms with Crippen LogP contribution in [0, 0.1) is 33.6 Å². The number of carbonyl (C=O) groups is 1. The third-order valence-electron chi connectivity index (χ3n) is 8.31. The number of carbonyl (C=O) groups excluding carboxylic acids is 1. The summed E-state index contributed by atoms with van der Waals surface area (Å²) in [7, 11) is 0. The van der Waals surface area contributed by atoms with Crippen LogP contribution >= 0.6 is 0 Å².